The summed E-state index contributed by atoms with van der Waals surface area (Å²) in [7, 11) is -4.12. The predicted octanol–water partition coefficient (Wildman–Crippen LogP) is 4.62. The second-order valence-electron chi connectivity index (χ2n) is 8.00. The molecule has 0 saturated carbocycles. The molecule has 0 unspecified atom stereocenters. The Bertz CT molecular complexity index is 1290. The Labute approximate surface area is 200 Å². The predicted molar refractivity (Wildman–Crippen MR) is 122 cm³/mol. The highest BCUT2D eigenvalue weighted by atomic mass is 32.2. The zero-order chi connectivity index (χ0) is 25.8. The molecular weight excluding hydrogens is 486 g/mol. The fraction of sp³-hybridized carbons (Fsp3) is 0.250. The van der Waals surface area contributed by atoms with Gasteiger partial charge in [0, 0.05) is 24.3 Å². The Kier molecular flexibility index (Phi) is 7.91. The molecule has 0 saturated heterocycles. The highest BCUT2D eigenvalue weighted by molar-refractivity contribution is 7.89. The van der Waals surface area contributed by atoms with Crippen molar-refractivity contribution in [2.45, 2.75) is 37.5 Å². The van der Waals surface area contributed by atoms with Crippen molar-refractivity contribution >= 4 is 15.9 Å². The van der Waals surface area contributed by atoms with Gasteiger partial charge in [-0.3, -0.25) is 9.78 Å². The third-order valence-electron chi connectivity index (χ3n) is 5.10. The molecule has 3 aromatic rings. The lowest BCUT2D eigenvalue weighted by atomic mass is 10.1. The van der Waals surface area contributed by atoms with Crippen LogP contribution in [0.2, 0.25) is 0 Å². The monoisotopic (exact) mass is 509 g/mol. The van der Waals surface area contributed by atoms with E-state index in [-0.39, 0.29) is 11.4 Å². The molecule has 0 aliphatic heterocycles. The number of hydrogen-bond acceptors (Lipinski definition) is 4. The molecule has 1 aromatic heterocycles. The van der Waals surface area contributed by atoms with E-state index in [0.29, 0.717) is 16.8 Å². The number of alkyl halides is 3. The molecule has 6 nitrogen and oxygen atoms in total. The van der Waals surface area contributed by atoms with E-state index in [1.54, 1.807) is 26.0 Å². The zero-order valence-corrected chi connectivity index (χ0v) is 19.7. The molecule has 1 heterocycles. The minimum atomic E-state index is -4.44. The fourth-order valence-corrected chi connectivity index (χ4v) is 4.90. The number of halogens is 4. The Hall–Kier alpha value is -3.31. The van der Waals surface area contributed by atoms with E-state index in [2.05, 4.69) is 10.3 Å². The maximum atomic E-state index is 13.5. The van der Waals surface area contributed by atoms with Gasteiger partial charge in [-0.15, -0.1) is 0 Å². The second kappa shape index (κ2) is 10.5. The first kappa shape index (κ1) is 26.3. The van der Waals surface area contributed by atoms with E-state index >= 15 is 0 Å². The van der Waals surface area contributed by atoms with Crippen molar-refractivity contribution in [2.24, 2.45) is 0 Å². The summed E-state index contributed by atoms with van der Waals surface area (Å²) in [5.74, 6) is -1.28. The van der Waals surface area contributed by atoms with Gasteiger partial charge in [-0.05, 0) is 61.9 Å². The van der Waals surface area contributed by atoms with Gasteiger partial charge in [-0.2, -0.15) is 17.5 Å². The quantitative estimate of drug-likeness (QED) is 0.450. The summed E-state index contributed by atoms with van der Waals surface area (Å²) < 4.78 is 78.7. The SMILES string of the molecule is CC(C)N(CC(=O)NCc1ccnc(-c2ccc(C(F)(F)F)cc2)c1)S(=O)(=O)c1cccc(F)c1. The zero-order valence-electron chi connectivity index (χ0n) is 18.9. The van der Waals surface area contributed by atoms with Gasteiger partial charge in [0.2, 0.25) is 15.9 Å². The third kappa shape index (κ3) is 6.64. The number of carbonyl (C=O) groups excluding carboxylic acids is 1. The average molecular weight is 510 g/mol. The van der Waals surface area contributed by atoms with Gasteiger partial charge in [0.25, 0.3) is 0 Å². The number of hydrogen-bond donors (Lipinski definition) is 1. The summed E-state index contributed by atoms with van der Waals surface area (Å²) in [5, 5.41) is 2.63. The number of rotatable bonds is 8. The molecule has 2 aromatic carbocycles. The smallest absolute Gasteiger partial charge is 0.351 e. The molecule has 0 spiro atoms. The van der Waals surface area contributed by atoms with Crippen LogP contribution < -0.4 is 5.32 Å². The summed E-state index contributed by atoms with van der Waals surface area (Å²) in [6, 6.07) is 11.8. The first-order chi connectivity index (χ1) is 16.4. The average Bonchev–Trinajstić information content (AvgIpc) is 2.80. The van der Waals surface area contributed by atoms with Crippen LogP contribution in [-0.2, 0) is 27.5 Å². The molecule has 0 aliphatic carbocycles. The maximum absolute atomic E-state index is 13.5. The van der Waals surface area contributed by atoms with Crippen LogP contribution in [-0.4, -0.2) is 36.2 Å². The normalized spacial score (nSPS) is 12.2. The van der Waals surface area contributed by atoms with Crippen molar-refractivity contribution < 1.29 is 30.8 Å². The van der Waals surface area contributed by atoms with E-state index in [0.717, 1.165) is 28.6 Å². The lowest BCUT2D eigenvalue weighted by molar-refractivity contribution is -0.137. The maximum Gasteiger partial charge on any atom is 0.416 e. The van der Waals surface area contributed by atoms with Crippen LogP contribution in [0.3, 0.4) is 0 Å². The van der Waals surface area contributed by atoms with E-state index in [9.17, 15) is 30.8 Å². The number of sulfonamides is 1. The van der Waals surface area contributed by atoms with E-state index < -0.39 is 46.1 Å². The first-order valence-electron chi connectivity index (χ1n) is 10.5. The van der Waals surface area contributed by atoms with Gasteiger partial charge in [0.15, 0.2) is 0 Å². The van der Waals surface area contributed by atoms with E-state index in [1.807, 2.05) is 0 Å². The van der Waals surface area contributed by atoms with Crippen molar-refractivity contribution in [3.8, 4) is 11.3 Å². The summed E-state index contributed by atoms with van der Waals surface area (Å²) in [4.78, 5) is 16.5. The van der Waals surface area contributed by atoms with Crippen LogP contribution in [0, 0.1) is 5.82 Å². The second-order valence-corrected chi connectivity index (χ2v) is 9.89. The highest BCUT2D eigenvalue weighted by Crippen LogP contribution is 2.30. The van der Waals surface area contributed by atoms with Crippen molar-refractivity contribution in [3.63, 3.8) is 0 Å². The molecule has 0 aliphatic rings. The summed E-state index contributed by atoms with van der Waals surface area (Å²) in [6.07, 6.45) is -2.98. The van der Waals surface area contributed by atoms with Gasteiger partial charge in [-0.25, -0.2) is 12.8 Å². The Morgan fingerprint density at radius 3 is 2.34 bits per heavy atom. The van der Waals surface area contributed by atoms with Gasteiger partial charge < -0.3 is 5.32 Å². The Balaban J connectivity index is 1.69. The molecule has 0 bridgehead atoms. The summed E-state index contributed by atoms with van der Waals surface area (Å²) in [6.45, 7) is 2.76. The Morgan fingerprint density at radius 2 is 1.74 bits per heavy atom. The van der Waals surface area contributed by atoms with Gasteiger partial charge >= 0.3 is 6.18 Å². The largest absolute Gasteiger partial charge is 0.416 e. The molecule has 186 valence electrons. The minimum Gasteiger partial charge on any atom is -0.351 e. The molecule has 11 heteroatoms. The van der Waals surface area contributed by atoms with Crippen LogP contribution in [0.4, 0.5) is 17.6 Å². The number of benzene rings is 2. The minimum absolute atomic E-state index is 0.0426. The Morgan fingerprint density at radius 1 is 1.06 bits per heavy atom. The molecule has 3 rings (SSSR count). The molecular formula is C24H23F4N3O3S. The van der Waals surface area contributed by atoms with Crippen molar-refractivity contribution in [1.82, 2.24) is 14.6 Å². The van der Waals surface area contributed by atoms with Crippen molar-refractivity contribution in [3.05, 3.63) is 83.8 Å². The van der Waals surface area contributed by atoms with Crippen LogP contribution >= 0.6 is 0 Å². The van der Waals surface area contributed by atoms with Gasteiger partial charge in [0.1, 0.15) is 5.82 Å². The highest BCUT2D eigenvalue weighted by Gasteiger charge is 2.30. The van der Waals surface area contributed by atoms with Crippen LogP contribution in [0.5, 0.6) is 0 Å². The topological polar surface area (TPSA) is 79.4 Å². The lowest BCUT2D eigenvalue weighted by Gasteiger charge is -2.25. The van der Waals surface area contributed by atoms with Crippen molar-refractivity contribution in [2.75, 3.05) is 6.54 Å². The number of pyridine rings is 1. The molecule has 1 amide bonds. The van der Waals surface area contributed by atoms with Gasteiger partial charge in [-0.1, -0.05) is 18.2 Å². The number of aromatic nitrogens is 1. The van der Waals surface area contributed by atoms with Crippen molar-refractivity contribution in [1.29, 1.82) is 0 Å². The summed E-state index contributed by atoms with van der Waals surface area (Å²) in [5.41, 5.74) is 0.737. The number of nitrogens with zero attached hydrogens (tertiary/aromatic N) is 2. The van der Waals surface area contributed by atoms with Crippen LogP contribution in [0.1, 0.15) is 25.0 Å². The van der Waals surface area contributed by atoms with E-state index in [4.69, 9.17) is 0 Å². The molecule has 0 fully saturated rings. The number of amides is 1. The first-order valence-corrected chi connectivity index (χ1v) is 12.0. The van der Waals surface area contributed by atoms with Crippen LogP contribution in [0.15, 0.2) is 71.8 Å². The molecule has 1 N–H and O–H groups in total. The number of nitrogens with one attached hydrogen (secondary N) is 1. The molecule has 0 radical (unpaired) electrons. The van der Waals surface area contributed by atoms with Crippen LogP contribution in [0.25, 0.3) is 11.3 Å². The molecule has 35 heavy (non-hydrogen) atoms. The number of carbonyl (C=O) groups is 1. The van der Waals surface area contributed by atoms with Gasteiger partial charge in [0.05, 0.1) is 22.7 Å². The standard InChI is InChI=1S/C24H23F4N3O3S/c1-16(2)31(35(33,34)21-5-3-4-20(25)13-21)15-23(32)30-14-17-10-11-29-22(12-17)18-6-8-19(9-7-18)24(26,27)28/h3-13,16H,14-15H2,1-2H3,(H,30,32). The summed E-state index contributed by atoms with van der Waals surface area (Å²) >= 11 is 0. The molecule has 0 atom stereocenters. The lowest BCUT2D eigenvalue weighted by Crippen LogP contribution is -2.44. The van der Waals surface area contributed by atoms with E-state index in [1.165, 1.54) is 30.5 Å². The fourth-order valence-electron chi connectivity index (χ4n) is 3.28. The third-order valence-corrected chi connectivity index (χ3v) is 7.12.